The van der Waals surface area contributed by atoms with Gasteiger partial charge in [-0.2, -0.15) is 0 Å². The molecular formula is C22H21FN6OS. The number of hydrogen-bond acceptors (Lipinski definition) is 6. The molecule has 1 amide bonds. The van der Waals surface area contributed by atoms with Crippen LogP contribution in [0.15, 0.2) is 42.4 Å². The summed E-state index contributed by atoms with van der Waals surface area (Å²) in [6.07, 6.45) is 0. The number of aromatic nitrogens is 4. The Balaban J connectivity index is 1.46. The first-order valence-corrected chi connectivity index (χ1v) is 10.7. The van der Waals surface area contributed by atoms with Crippen molar-refractivity contribution in [3.05, 3.63) is 59.6 Å². The lowest BCUT2D eigenvalue weighted by atomic mass is 10.1. The highest BCUT2D eigenvalue weighted by Gasteiger charge is 2.32. The molecule has 1 aliphatic rings. The number of rotatable bonds is 3. The Bertz CT molecular complexity index is 1350. The van der Waals surface area contributed by atoms with Crippen molar-refractivity contribution in [2.45, 2.75) is 19.5 Å². The standard InChI is InChI=1S/C22H21FN6OS/c1-13-19-25-26-20(21-24-17-9-8-16(27(2)3)12-18(17)31-21)29(19)11-10-28(13)22(30)14-4-6-15(23)7-5-14/h4-9,12-13H,10-11H2,1-3H3/t13-/m1/s1/i6D. The largest absolute Gasteiger partial charge is 0.378 e. The number of carbonyl (C=O) groups is 1. The SMILES string of the molecule is [2H]c1cc(C(=O)N2CCn3c(-c4nc5ccc(N(C)C)cc5s4)nnc3[C@H]2C)ccc1F. The fourth-order valence-corrected chi connectivity index (χ4v) is 4.81. The van der Waals surface area contributed by atoms with Crippen molar-refractivity contribution in [2.75, 3.05) is 25.5 Å². The van der Waals surface area contributed by atoms with E-state index >= 15 is 0 Å². The van der Waals surface area contributed by atoms with E-state index in [1.54, 1.807) is 16.2 Å². The number of amides is 1. The Morgan fingerprint density at radius 1 is 1.23 bits per heavy atom. The molecule has 5 rings (SSSR count). The van der Waals surface area contributed by atoms with Gasteiger partial charge in [-0.25, -0.2) is 9.37 Å². The third-order valence-electron chi connectivity index (χ3n) is 5.55. The zero-order valence-electron chi connectivity index (χ0n) is 18.3. The first-order valence-electron chi connectivity index (χ1n) is 10.4. The van der Waals surface area contributed by atoms with E-state index in [9.17, 15) is 9.18 Å². The summed E-state index contributed by atoms with van der Waals surface area (Å²) in [5, 5.41) is 9.56. The lowest BCUT2D eigenvalue weighted by molar-refractivity contribution is 0.0638. The summed E-state index contributed by atoms with van der Waals surface area (Å²) in [6, 6.07) is 9.37. The Kier molecular flexibility index (Phi) is 4.41. The van der Waals surface area contributed by atoms with Gasteiger partial charge in [0.25, 0.3) is 5.91 Å². The molecule has 0 saturated heterocycles. The van der Waals surface area contributed by atoms with E-state index < -0.39 is 5.82 Å². The average Bonchev–Trinajstić information content (AvgIpc) is 3.39. The Morgan fingerprint density at radius 2 is 2.06 bits per heavy atom. The first kappa shape index (κ1) is 18.4. The van der Waals surface area contributed by atoms with Gasteiger partial charge in [-0.3, -0.25) is 4.79 Å². The van der Waals surface area contributed by atoms with Gasteiger partial charge in [0.15, 0.2) is 16.7 Å². The summed E-state index contributed by atoms with van der Waals surface area (Å²) in [5.74, 6) is 0.479. The van der Waals surface area contributed by atoms with Gasteiger partial charge in [-0.1, -0.05) is 0 Å². The van der Waals surface area contributed by atoms with Crippen LogP contribution in [0.25, 0.3) is 21.0 Å². The molecule has 9 heteroatoms. The van der Waals surface area contributed by atoms with Crippen LogP contribution in [0.5, 0.6) is 0 Å². The fourth-order valence-electron chi connectivity index (χ4n) is 3.81. The number of anilines is 1. The topological polar surface area (TPSA) is 67.2 Å². The van der Waals surface area contributed by atoms with Gasteiger partial charge >= 0.3 is 0 Å². The van der Waals surface area contributed by atoms with Crippen LogP contribution in [0.1, 0.15) is 30.5 Å². The van der Waals surface area contributed by atoms with Crippen molar-refractivity contribution in [1.29, 1.82) is 0 Å². The maximum Gasteiger partial charge on any atom is 0.254 e. The molecule has 7 nitrogen and oxygen atoms in total. The second kappa shape index (κ2) is 7.42. The predicted octanol–water partition coefficient (Wildman–Crippen LogP) is 3.98. The Morgan fingerprint density at radius 3 is 2.84 bits per heavy atom. The maximum atomic E-state index is 13.4. The van der Waals surface area contributed by atoms with Crippen LogP contribution in [0.4, 0.5) is 10.1 Å². The summed E-state index contributed by atoms with van der Waals surface area (Å²) in [6.45, 7) is 2.88. The number of nitrogens with zero attached hydrogens (tertiary/aromatic N) is 6. The van der Waals surface area contributed by atoms with Crippen LogP contribution < -0.4 is 4.90 Å². The van der Waals surface area contributed by atoms with E-state index in [-0.39, 0.29) is 18.0 Å². The van der Waals surface area contributed by atoms with E-state index in [4.69, 9.17) is 6.35 Å². The molecule has 0 radical (unpaired) electrons. The molecule has 31 heavy (non-hydrogen) atoms. The molecule has 1 aliphatic heterocycles. The van der Waals surface area contributed by atoms with Crippen molar-refractivity contribution in [2.24, 2.45) is 0 Å². The van der Waals surface area contributed by atoms with Crippen LogP contribution in [-0.4, -0.2) is 51.2 Å². The summed E-state index contributed by atoms with van der Waals surface area (Å²) >= 11 is 1.57. The van der Waals surface area contributed by atoms with E-state index in [1.807, 2.05) is 37.7 Å². The van der Waals surface area contributed by atoms with Crippen LogP contribution in [0, 0.1) is 5.82 Å². The van der Waals surface area contributed by atoms with Crippen LogP contribution in [-0.2, 0) is 6.54 Å². The fraction of sp³-hybridized carbons (Fsp3) is 0.273. The molecule has 1 atom stereocenters. The lowest BCUT2D eigenvalue weighted by Gasteiger charge is -2.33. The molecular weight excluding hydrogens is 415 g/mol. The van der Waals surface area contributed by atoms with Crippen molar-refractivity contribution >= 4 is 33.1 Å². The molecule has 0 saturated carbocycles. The van der Waals surface area contributed by atoms with Gasteiger partial charge in [0.2, 0.25) is 0 Å². The third kappa shape index (κ3) is 3.34. The molecule has 0 N–H and O–H groups in total. The van der Waals surface area contributed by atoms with Crippen LogP contribution >= 0.6 is 11.3 Å². The van der Waals surface area contributed by atoms with Gasteiger partial charge in [-0.15, -0.1) is 21.5 Å². The molecule has 158 valence electrons. The van der Waals surface area contributed by atoms with E-state index in [2.05, 4.69) is 21.2 Å². The molecule has 0 unspecified atom stereocenters. The smallest absolute Gasteiger partial charge is 0.254 e. The number of benzene rings is 2. The summed E-state index contributed by atoms with van der Waals surface area (Å²) < 4.78 is 24.2. The second-order valence-electron chi connectivity index (χ2n) is 7.70. The Labute approximate surface area is 184 Å². The lowest BCUT2D eigenvalue weighted by Crippen LogP contribution is -2.41. The van der Waals surface area contributed by atoms with E-state index in [0.29, 0.717) is 30.3 Å². The van der Waals surface area contributed by atoms with Crippen molar-refractivity contribution in [3.8, 4) is 10.8 Å². The summed E-state index contributed by atoms with van der Waals surface area (Å²) in [4.78, 5) is 21.5. The van der Waals surface area contributed by atoms with Gasteiger partial charge in [0, 0.05) is 38.4 Å². The number of hydrogen-bond donors (Lipinski definition) is 0. The van der Waals surface area contributed by atoms with Gasteiger partial charge in [0.1, 0.15) is 5.82 Å². The molecule has 2 aromatic carbocycles. The zero-order chi connectivity index (χ0) is 22.6. The molecule has 4 aromatic rings. The molecule has 0 spiro atoms. The number of fused-ring (bicyclic) bond motifs is 2. The minimum atomic E-state index is -0.647. The minimum Gasteiger partial charge on any atom is -0.378 e. The monoisotopic (exact) mass is 437 g/mol. The second-order valence-corrected chi connectivity index (χ2v) is 8.73. The highest BCUT2D eigenvalue weighted by atomic mass is 32.1. The number of carbonyl (C=O) groups excluding carboxylic acids is 1. The van der Waals surface area contributed by atoms with Crippen molar-refractivity contribution in [3.63, 3.8) is 0 Å². The molecule has 0 fully saturated rings. The maximum absolute atomic E-state index is 13.4. The molecule has 3 heterocycles. The quantitative estimate of drug-likeness (QED) is 0.485. The Hall–Kier alpha value is -3.33. The third-order valence-corrected chi connectivity index (χ3v) is 6.56. The zero-order valence-corrected chi connectivity index (χ0v) is 18.1. The number of thiazole rings is 1. The highest BCUT2D eigenvalue weighted by molar-refractivity contribution is 7.21. The summed E-state index contributed by atoms with van der Waals surface area (Å²) in [5.41, 5.74) is 2.31. The van der Waals surface area contributed by atoms with Crippen molar-refractivity contribution in [1.82, 2.24) is 24.6 Å². The van der Waals surface area contributed by atoms with E-state index in [0.717, 1.165) is 27.0 Å². The van der Waals surface area contributed by atoms with Crippen LogP contribution in [0.2, 0.25) is 0 Å². The number of halogens is 1. The molecule has 0 bridgehead atoms. The highest BCUT2D eigenvalue weighted by Crippen LogP contribution is 2.34. The summed E-state index contributed by atoms with van der Waals surface area (Å²) in [7, 11) is 4.01. The molecule has 2 aromatic heterocycles. The normalized spacial score (nSPS) is 16.3. The van der Waals surface area contributed by atoms with E-state index in [1.165, 1.54) is 12.1 Å². The predicted molar refractivity (Wildman–Crippen MR) is 119 cm³/mol. The first-order chi connectivity index (χ1) is 15.3. The van der Waals surface area contributed by atoms with Gasteiger partial charge in [0.05, 0.1) is 17.6 Å². The van der Waals surface area contributed by atoms with Crippen LogP contribution in [0.3, 0.4) is 0 Å². The molecule has 0 aliphatic carbocycles. The minimum absolute atomic E-state index is 0.252. The van der Waals surface area contributed by atoms with Crippen molar-refractivity contribution < 1.29 is 10.6 Å². The van der Waals surface area contributed by atoms with Gasteiger partial charge in [-0.05, 0) is 49.4 Å². The van der Waals surface area contributed by atoms with Gasteiger partial charge < -0.3 is 14.4 Å². The average molecular weight is 438 g/mol.